The van der Waals surface area contributed by atoms with Crippen molar-refractivity contribution in [2.75, 3.05) is 19.6 Å². The highest BCUT2D eigenvalue weighted by atomic mass is 35.5. The van der Waals surface area contributed by atoms with Crippen LogP contribution in [0.1, 0.15) is 52.4 Å². The molecule has 1 aliphatic rings. The van der Waals surface area contributed by atoms with E-state index in [4.69, 9.17) is 0 Å². The highest BCUT2D eigenvalue weighted by Crippen LogP contribution is 2.12. The quantitative estimate of drug-likeness (QED) is 0.716. The molecule has 17 heavy (non-hydrogen) atoms. The van der Waals surface area contributed by atoms with Gasteiger partial charge in [-0.1, -0.05) is 26.7 Å². The Kier molecular flexibility index (Phi) is 9.56. The standard InChI is InChI=1S/C13H26N2O.ClH/c1-3-5-6-7-13(16)15(10-4-2)12-8-9-14-11-12;/h12,14H,3-11H2,1-2H3;1H. The second-order valence-electron chi connectivity index (χ2n) is 4.69. The summed E-state index contributed by atoms with van der Waals surface area (Å²) in [4.78, 5) is 14.2. The number of unbranched alkanes of at least 4 members (excludes halogenated alkanes) is 2. The van der Waals surface area contributed by atoms with Gasteiger partial charge in [0.25, 0.3) is 0 Å². The van der Waals surface area contributed by atoms with Crippen LogP contribution in [-0.2, 0) is 4.79 Å². The highest BCUT2D eigenvalue weighted by molar-refractivity contribution is 5.85. The minimum Gasteiger partial charge on any atom is -0.338 e. The molecule has 1 amide bonds. The summed E-state index contributed by atoms with van der Waals surface area (Å²) in [5.41, 5.74) is 0. The lowest BCUT2D eigenvalue weighted by Gasteiger charge is -2.28. The lowest BCUT2D eigenvalue weighted by molar-refractivity contribution is -0.133. The molecule has 0 spiro atoms. The molecule has 1 N–H and O–H groups in total. The molecule has 0 bridgehead atoms. The SMILES string of the molecule is CCCCCC(=O)N(CCC)C1CCNC1.Cl. The Morgan fingerprint density at radius 1 is 1.29 bits per heavy atom. The molecule has 4 heteroatoms. The summed E-state index contributed by atoms with van der Waals surface area (Å²) >= 11 is 0. The van der Waals surface area contributed by atoms with E-state index in [1.54, 1.807) is 0 Å². The van der Waals surface area contributed by atoms with Crippen molar-refractivity contribution in [3.63, 3.8) is 0 Å². The van der Waals surface area contributed by atoms with E-state index < -0.39 is 0 Å². The van der Waals surface area contributed by atoms with Gasteiger partial charge in [0.05, 0.1) is 0 Å². The third-order valence-electron chi connectivity index (χ3n) is 3.25. The van der Waals surface area contributed by atoms with E-state index >= 15 is 0 Å². The molecule has 1 saturated heterocycles. The number of nitrogens with zero attached hydrogens (tertiary/aromatic N) is 1. The Morgan fingerprint density at radius 3 is 2.59 bits per heavy atom. The topological polar surface area (TPSA) is 32.3 Å². The molecule has 0 saturated carbocycles. The first-order valence-corrected chi connectivity index (χ1v) is 6.79. The highest BCUT2D eigenvalue weighted by Gasteiger charge is 2.24. The number of hydrogen-bond acceptors (Lipinski definition) is 2. The van der Waals surface area contributed by atoms with E-state index in [9.17, 15) is 4.79 Å². The summed E-state index contributed by atoms with van der Waals surface area (Å²) in [6.45, 7) is 7.30. The van der Waals surface area contributed by atoms with Gasteiger partial charge < -0.3 is 10.2 Å². The average molecular weight is 263 g/mol. The molecule has 1 atom stereocenters. The first-order chi connectivity index (χ1) is 7.79. The number of carbonyl (C=O) groups excluding carboxylic acids is 1. The van der Waals surface area contributed by atoms with Gasteiger partial charge in [-0.15, -0.1) is 12.4 Å². The normalized spacial score (nSPS) is 18.8. The Balaban J connectivity index is 0.00000256. The number of rotatable bonds is 7. The van der Waals surface area contributed by atoms with Crippen molar-refractivity contribution >= 4 is 18.3 Å². The van der Waals surface area contributed by atoms with E-state index in [1.165, 1.54) is 12.8 Å². The fourth-order valence-electron chi connectivity index (χ4n) is 2.33. The Hall–Kier alpha value is -0.280. The summed E-state index contributed by atoms with van der Waals surface area (Å²) in [7, 11) is 0. The maximum Gasteiger partial charge on any atom is 0.222 e. The van der Waals surface area contributed by atoms with Crippen molar-refractivity contribution < 1.29 is 4.79 Å². The van der Waals surface area contributed by atoms with Gasteiger partial charge in [-0.2, -0.15) is 0 Å². The summed E-state index contributed by atoms with van der Waals surface area (Å²) in [6, 6.07) is 0.453. The van der Waals surface area contributed by atoms with Crippen LogP contribution < -0.4 is 5.32 Å². The maximum absolute atomic E-state index is 12.1. The van der Waals surface area contributed by atoms with Crippen LogP contribution in [0.25, 0.3) is 0 Å². The zero-order chi connectivity index (χ0) is 11.8. The molecule has 3 nitrogen and oxygen atoms in total. The van der Waals surface area contributed by atoms with Crippen LogP contribution in [0.3, 0.4) is 0 Å². The molecule has 0 radical (unpaired) electrons. The van der Waals surface area contributed by atoms with Gasteiger partial charge in [-0.3, -0.25) is 4.79 Å². The van der Waals surface area contributed by atoms with Crippen LogP contribution in [0.15, 0.2) is 0 Å². The largest absolute Gasteiger partial charge is 0.338 e. The van der Waals surface area contributed by atoms with Crippen molar-refractivity contribution in [2.45, 2.75) is 58.4 Å². The molecule has 1 fully saturated rings. The van der Waals surface area contributed by atoms with Crippen molar-refractivity contribution in [3.8, 4) is 0 Å². The van der Waals surface area contributed by atoms with Crippen molar-refractivity contribution in [3.05, 3.63) is 0 Å². The summed E-state index contributed by atoms with van der Waals surface area (Å²) < 4.78 is 0. The van der Waals surface area contributed by atoms with Crippen LogP contribution in [0, 0.1) is 0 Å². The maximum atomic E-state index is 12.1. The third kappa shape index (κ3) is 5.73. The molecule has 1 aliphatic heterocycles. The smallest absolute Gasteiger partial charge is 0.222 e. The van der Waals surface area contributed by atoms with Crippen LogP contribution in [-0.4, -0.2) is 36.5 Å². The second kappa shape index (κ2) is 9.72. The number of nitrogens with one attached hydrogen (secondary N) is 1. The summed E-state index contributed by atoms with van der Waals surface area (Å²) in [6.07, 6.45) is 6.34. The zero-order valence-electron chi connectivity index (χ0n) is 11.2. The second-order valence-corrected chi connectivity index (χ2v) is 4.69. The van der Waals surface area contributed by atoms with E-state index in [2.05, 4.69) is 24.1 Å². The first-order valence-electron chi connectivity index (χ1n) is 6.79. The molecule has 1 heterocycles. The molecule has 0 aromatic carbocycles. The van der Waals surface area contributed by atoms with E-state index in [0.29, 0.717) is 11.9 Å². The average Bonchev–Trinajstić information content (AvgIpc) is 2.79. The van der Waals surface area contributed by atoms with Crippen molar-refractivity contribution in [1.82, 2.24) is 10.2 Å². The Morgan fingerprint density at radius 2 is 2.06 bits per heavy atom. The summed E-state index contributed by atoms with van der Waals surface area (Å²) in [5, 5.41) is 3.34. The fourth-order valence-corrected chi connectivity index (χ4v) is 2.33. The predicted octanol–water partition coefficient (Wildman–Crippen LogP) is 2.59. The lowest BCUT2D eigenvalue weighted by atomic mass is 10.1. The zero-order valence-corrected chi connectivity index (χ0v) is 12.0. The van der Waals surface area contributed by atoms with Gasteiger partial charge in [0.15, 0.2) is 0 Å². The third-order valence-corrected chi connectivity index (χ3v) is 3.25. The molecule has 0 aromatic heterocycles. The Labute approximate surface area is 112 Å². The van der Waals surface area contributed by atoms with Gasteiger partial charge in [0.2, 0.25) is 5.91 Å². The molecule has 1 unspecified atom stereocenters. The first kappa shape index (κ1) is 16.7. The molecule has 1 rings (SSSR count). The van der Waals surface area contributed by atoms with Crippen LogP contribution >= 0.6 is 12.4 Å². The number of amides is 1. The van der Waals surface area contributed by atoms with Gasteiger partial charge in [0.1, 0.15) is 0 Å². The van der Waals surface area contributed by atoms with E-state index in [1.807, 2.05) is 0 Å². The minimum absolute atomic E-state index is 0. The van der Waals surface area contributed by atoms with Crippen LogP contribution in [0.2, 0.25) is 0 Å². The van der Waals surface area contributed by atoms with Gasteiger partial charge in [0, 0.05) is 25.6 Å². The molecule has 0 aliphatic carbocycles. The van der Waals surface area contributed by atoms with Crippen molar-refractivity contribution in [1.29, 1.82) is 0 Å². The van der Waals surface area contributed by atoms with Gasteiger partial charge in [-0.25, -0.2) is 0 Å². The minimum atomic E-state index is 0. The lowest BCUT2D eigenvalue weighted by Crippen LogP contribution is -2.41. The van der Waals surface area contributed by atoms with Gasteiger partial charge in [-0.05, 0) is 25.8 Å². The van der Waals surface area contributed by atoms with Crippen LogP contribution in [0.4, 0.5) is 0 Å². The fraction of sp³-hybridized carbons (Fsp3) is 0.923. The number of hydrogen-bond donors (Lipinski definition) is 1. The van der Waals surface area contributed by atoms with Gasteiger partial charge >= 0.3 is 0 Å². The monoisotopic (exact) mass is 262 g/mol. The van der Waals surface area contributed by atoms with Crippen LogP contribution in [0.5, 0.6) is 0 Å². The summed E-state index contributed by atoms with van der Waals surface area (Å²) in [5.74, 6) is 0.365. The van der Waals surface area contributed by atoms with Crippen molar-refractivity contribution in [2.24, 2.45) is 0 Å². The molecular weight excluding hydrogens is 236 g/mol. The van der Waals surface area contributed by atoms with E-state index in [0.717, 1.165) is 45.3 Å². The Bertz CT molecular complexity index is 206. The molecular formula is C13H27ClN2O. The number of carbonyl (C=O) groups is 1. The van der Waals surface area contributed by atoms with E-state index in [-0.39, 0.29) is 12.4 Å². The number of halogens is 1. The molecule has 0 aromatic rings. The molecule has 102 valence electrons. The predicted molar refractivity (Wildman–Crippen MR) is 74.7 cm³/mol.